The second-order valence-corrected chi connectivity index (χ2v) is 3.56. The molecule has 1 aromatic carbocycles. The number of fused-ring (bicyclic) bond motifs is 1. The van der Waals surface area contributed by atoms with Gasteiger partial charge in [0.15, 0.2) is 0 Å². The van der Waals surface area contributed by atoms with Gasteiger partial charge in [0.2, 0.25) is 0 Å². The quantitative estimate of drug-likeness (QED) is 0.270. The van der Waals surface area contributed by atoms with Gasteiger partial charge in [0.25, 0.3) is 5.91 Å². The smallest absolute Gasteiger partial charge is 0.253 e. The maximum Gasteiger partial charge on any atom is 0.253 e. The van der Waals surface area contributed by atoms with Gasteiger partial charge in [-0.15, -0.1) is 0 Å². The number of nitrogens with zero attached hydrogens (tertiary/aromatic N) is 1. The number of hydrogen-bond donors (Lipinski definition) is 3. The number of amides is 1. The molecule has 2 rings (SSSR count). The Balaban J connectivity index is 2.24. The van der Waals surface area contributed by atoms with Crippen molar-refractivity contribution in [2.45, 2.75) is 0 Å². The molecular weight excluding hydrogens is 208 g/mol. The van der Waals surface area contributed by atoms with Crippen molar-refractivity contribution in [1.82, 2.24) is 5.43 Å². The normalized spacial score (nSPS) is 13.9. The van der Waals surface area contributed by atoms with Crippen LogP contribution >= 0.6 is 0 Å². The molecule has 0 bridgehead atoms. The van der Waals surface area contributed by atoms with Gasteiger partial charge in [-0.1, -0.05) is 0 Å². The van der Waals surface area contributed by atoms with Crippen LogP contribution in [0.25, 0.3) is 0 Å². The van der Waals surface area contributed by atoms with Crippen LogP contribution in [0.3, 0.4) is 0 Å². The zero-order valence-electron chi connectivity index (χ0n) is 8.77. The van der Waals surface area contributed by atoms with E-state index in [9.17, 15) is 4.79 Å². The molecule has 0 spiro atoms. The molecule has 6 heteroatoms. The van der Waals surface area contributed by atoms with E-state index in [1.54, 1.807) is 18.2 Å². The standard InChI is InChI=1S/C10H14N4O2/c11-7-1-2-9-8(5-7)14(3-4-16-9)6-10(15)13-12/h1-2,5H,3-4,6,11-12H2,(H,13,15). The number of ether oxygens (including phenoxy) is 1. The Morgan fingerprint density at radius 1 is 1.56 bits per heavy atom. The zero-order chi connectivity index (χ0) is 11.5. The summed E-state index contributed by atoms with van der Waals surface area (Å²) in [7, 11) is 0. The number of rotatable bonds is 2. The van der Waals surface area contributed by atoms with Gasteiger partial charge in [-0.05, 0) is 18.2 Å². The fraction of sp³-hybridized carbons (Fsp3) is 0.300. The molecule has 0 aromatic heterocycles. The van der Waals surface area contributed by atoms with E-state index >= 15 is 0 Å². The lowest BCUT2D eigenvalue weighted by atomic mass is 10.2. The lowest BCUT2D eigenvalue weighted by Gasteiger charge is -2.30. The highest BCUT2D eigenvalue weighted by molar-refractivity contribution is 5.82. The monoisotopic (exact) mass is 222 g/mol. The highest BCUT2D eigenvalue weighted by Crippen LogP contribution is 2.32. The molecule has 86 valence electrons. The number of nitrogens with two attached hydrogens (primary N) is 2. The van der Waals surface area contributed by atoms with E-state index in [0.717, 1.165) is 11.4 Å². The molecule has 0 radical (unpaired) electrons. The van der Waals surface area contributed by atoms with Crippen molar-refractivity contribution in [1.29, 1.82) is 0 Å². The average molecular weight is 222 g/mol. The summed E-state index contributed by atoms with van der Waals surface area (Å²) in [6, 6.07) is 5.36. The highest BCUT2D eigenvalue weighted by Gasteiger charge is 2.19. The molecule has 0 unspecified atom stereocenters. The summed E-state index contributed by atoms with van der Waals surface area (Å²) in [6.45, 7) is 1.40. The Hall–Kier alpha value is -1.95. The van der Waals surface area contributed by atoms with E-state index in [2.05, 4.69) is 5.43 Å². The van der Waals surface area contributed by atoms with Gasteiger partial charge in [-0.3, -0.25) is 10.2 Å². The SMILES string of the molecule is NNC(=O)CN1CCOc2ccc(N)cc21. The molecule has 1 aliphatic heterocycles. The van der Waals surface area contributed by atoms with Gasteiger partial charge in [0, 0.05) is 5.69 Å². The van der Waals surface area contributed by atoms with Gasteiger partial charge >= 0.3 is 0 Å². The minimum absolute atomic E-state index is 0.205. The van der Waals surface area contributed by atoms with Crippen molar-refractivity contribution in [2.24, 2.45) is 5.84 Å². The molecule has 6 nitrogen and oxygen atoms in total. The Morgan fingerprint density at radius 2 is 2.38 bits per heavy atom. The summed E-state index contributed by atoms with van der Waals surface area (Å²) in [5.41, 5.74) is 9.27. The Kier molecular flexibility index (Phi) is 2.82. The number of anilines is 2. The van der Waals surface area contributed by atoms with Gasteiger partial charge in [-0.2, -0.15) is 0 Å². The maximum absolute atomic E-state index is 11.2. The molecule has 1 heterocycles. The average Bonchev–Trinajstić information content (AvgIpc) is 2.29. The van der Waals surface area contributed by atoms with Crippen LogP contribution < -0.4 is 26.6 Å². The lowest BCUT2D eigenvalue weighted by molar-refractivity contribution is -0.119. The molecule has 0 atom stereocenters. The van der Waals surface area contributed by atoms with Crippen molar-refractivity contribution in [2.75, 3.05) is 30.3 Å². The van der Waals surface area contributed by atoms with E-state index in [1.165, 1.54) is 0 Å². The fourth-order valence-electron chi connectivity index (χ4n) is 1.67. The molecule has 0 saturated carbocycles. The third kappa shape index (κ3) is 2.01. The van der Waals surface area contributed by atoms with E-state index < -0.39 is 0 Å². The van der Waals surface area contributed by atoms with Crippen LogP contribution in [0.1, 0.15) is 0 Å². The van der Waals surface area contributed by atoms with Gasteiger partial charge in [0.05, 0.1) is 18.8 Å². The maximum atomic E-state index is 11.2. The number of carbonyl (C=O) groups excluding carboxylic acids is 1. The second kappa shape index (κ2) is 4.28. The summed E-state index contributed by atoms with van der Waals surface area (Å²) < 4.78 is 5.46. The number of carbonyl (C=O) groups is 1. The molecule has 0 fully saturated rings. The number of nitrogen functional groups attached to an aromatic ring is 1. The van der Waals surface area contributed by atoms with Crippen molar-refractivity contribution >= 4 is 17.3 Å². The Labute approximate surface area is 93.1 Å². The lowest BCUT2D eigenvalue weighted by Crippen LogP contribution is -2.43. The van der Waals surface area contributed by atoms with E-state index in [0.29, 0.717) is 18.8 Å². The second-order valence-electron chi connectivity index (χ2n) is 3.56. The largest absolute Gasteiger partial charge is 0.490 e. The predicted octanol–water partition coefficient (Wildman–Crippen LogP) is -0.542. The third-order valence-electron chi connectivity index (χ3n) is 2.44. The van der Waals surface area contributed by atoms with Crippen LogP contribution in [0.15, 0.2) is 18.2 Å². The third-order valence-corrected chi connectivity index (χ3v) is 2.44. The zero-order valence-corrected chi connectivity index (χ0v) is 8.77. The molecule has 1 amide bonds. The number of hydrazine groups is 1. The molecule has 16 heavy (non-hydrogen) atoms. The van der Waals surface area contributed by atoms with Gasteiger partial charge < -0.3 is 15.4 Å². The number of benzene rings is 1. The molecule has 0 saturated heterocycles. The van der Waals surface area contributed by atoms with Crippen LogP contribution in [-0.4, -0.2) is 25.6 Å². The van der Waals surface area contributed by atoms with E-state index in [1.807, 2.05) is 4.90 Å². The van der Waals surface area contributed by atoms with Gasteiger partial charge in [-0.25, -0.2) is 5.84 Å². The van der Waals surface area contributed by atoms with Crippen molar-refractivity contribution < 1.29 is 9.53 Å². The van der Waals surface area contributed by atoms with E-state index in [-0.39, 0.29) is 12.5 Å². The van der Waals surface area contributed by atoms with Crippen LogP contribution in [-0.2, 0) is 4.79 Å². The van der Waals surface area contributed by atoms with E-state index in [4.69, 9.17) is 16.3 Å². The minimum Gasteiger partial charge on any atom is -0.490 e. The van der Waals surface area contributed by atoms with Crippen LogP contribution in [0.5, 0.6) is 5.75 Å². The Bertz CT molecular complexity index is 408. The number of nitrogens with one attached hydrogen (secondary N) is 1. The molecule has 1 aliphatic rings. The highest BCUT2D eigenvalue weighted by atomic mass is 16.5. The molecular formula is C10H14N4O2. The molecule has 0 aliphatic carbocycles. The fourth-order valence-corrected chi connectivity index (χ4v) is 1.67. The Morgan fingerprint density at radius 3 is 3.12 bits per heavy atom. The first kappa shape index (κ1) is 10.6. The first-order valence-electron chi connectivity index (χ1n) is 4.97. The topological polar surface area (TPSA) is 93.6 Å². The molecule has 1 aromatic rings. The van der Waals surface area contributed by atoms with Crippen molar-refractivity contribution in [3.05, 3.63) is 18.2 Å². The van der Waals surface area contributed by atoms with Crippen molar-refractivity contribution in [3.8, 4) is 5.75 Å². The van der Waals surface area contributed by atoms with Crippen LogP contribution in [0.4, 0.5) is 11.4 Å². The molecule has 5 N–H and O–H groups in total. The first-order chi connectivity index (χ1) is 7.70. The first-order valence-corrected chi connectivity index (χ1v) is 4.97. The summed E-state index contributed by atoms with van der Waals surface area (Å²) in [6.07, 6.45) is 0. The van der Waals surface area contributed by atoms with Crippen LogP contribution in [0, 0.1) is 0 Å². The van der Waals surface area contributed by atoms with Gasteiger partial charge in [0.1, 0.15) is 12.4 Å². The van der Waals surface area contributed by atoms with Crippen molar-refractivity contribution in [3.63, 3.8) is 0 Å². The minimum atomic E-state index is -0.240. The summed E-state index contributed by atoms with van der Waals surface area (Å²) >= 11 is 0. The van der Waals surface area contributed by atoms with Crippen LogP contribution in [0.2, 0.25) is 0 Å². The number of hydrogen-bond acceptors (Lipinski definition) is 5. The summed E-state index contributed by atoms with van der Waals surface area (Å²) in [5.74, 6) is 5.56. The predicted molar refractivity (Wildman–Crippen MR) is 60.9 cm³/mol. The summed E-state index contributed by atoms with van der Waals surface area (Å²) in [5, 5.41) is 0. The summed E-state index contributed by atoms with van der Waals surface area (Å²) in [4.78, 5) is 13.1.